The molecule has 0 aliphatic carbocycles. The Morgan fingerprint density at radius 1 is 1.18 bits per heavy atom. The number of hydrogen-bond donors (Lipinski definition) is 1. The topological polar surface area (TPSA) is 70.0 Å². The molecule has 0 aliphatic heterocycles. The highest BCUT2D eigenvalue weighted by Gasteiger charge is 2.08. The second-order valence-corrected chi connectivity index (χ2v) is 7.24. The molecule has 1 N–H and O–H groups in total. The van der Waals surface area contributed by atoms with Crippen molar-refractivity contribution in [2.45, 2.75) is 6.42 Å². The molecule has 0 aromatic heterocycles. The van der Waals surface area contributed by atoms with Crippen LogP contribution in [0.2, 0.25) is 0 Å². The lowest BCUT2D eigenvalue weighted by molar-refractivity contribution is 0.601. The van der Waals surface area contributed by atoms with E-state index in [1.165, 1.54) is 18.4 Å². The van der Waals surface area contributed by atoms with Gasteiger partial charge in [0.15, 0.2) is 0 Å². The van der Waals surface area contributed by atoms with Crippen LogP contribution in [0, 0.1) is 17.1 Å². The second kappa shape index (κ2) is 6.58. The fourth-order valence-electron chi connectivity index (χ4n) is 1.96. The zero-order chi connectivity index (χ0) is 16.2. The molecule has 0 saturated heterocycles. The number of nitrogens with zero attached hydrogens (tertiary/aromatic N) is 1. The lowest BCUT2D eigenvalue weighted by atomic mass is 10.1. The average molecular weight is 318 g/mol. The number of nitriles is 1. The summed E-state index contributed by atoms with van der Waals surface area (Å²) in [5.74, 6) is -0.473. The van der Waals surface area contributed by atoms with Gasteiger partial charge in [0.2, 0.25) is 0 Å². The Bertz CT molecular complexity index is 809. The zero-order valence-electron chi connectivity index (χ0n) is 12.0. The molecule has 0 saturated carbocycles. The standard InChI is InChI=1S/C16H15FN2O2S/c1-22(20,21)10-9-12-5-7-13(8-6-12)19-16-4-2-3-15(17)14(16)11-18/h2-8,19H,9-10H2,1H3. The van der Waals surface area contributed by atoms with Crippen LogP contribution in [0.25, 0.3) is 0 Å². The maximum Gasteiger partial charge on any atom is 0.147 e. The van der Waals surface area contributed by atoms with E-state index >= 15 is 0 Å². The fourth-order valence-corrected chi connectivity index (χ4v) is 2.56. The van der Waals surface area contributed by atoms with Crippen LogP contribution in [-0.4, -0.2) is 20.4 Å². The van der Waals surface area contributed by atoms with E-state index in [1.54, 1.807) is 30.3 Å². The van der Waals surface area contributed by atoms with Gasteiger partial charge in [-0.05, 0) is 36.2 Å². The summed E-state index contributed by atoms with van der Waals surface area (Å²) in [4.78, 5) is 0. The van der Waals surface area contributed by atoms with Crippen molar-refractivity contribution < 1.29 is 12.8 Å². The number of halogens is 1. The molecule has 4 nitrogen and oxygen atoms in total. The van der Waals surface area contributed by atoms with Gasteiger partial charge in [-0.3, -0.25) is 0 Å². The highest BCUT2D eigenvalue weighted by molar-refractivity contribution is 7.90. The van der Waals surface area contributed by atoms with Gasteiger partial charge in [-0.25, -0.2) is 12.8 Å². The highest BCUT2D eigenvalue weighted by atomic mass is 32.2. The molecule has 6 heteroatoms. The van der Waals surface area contributed by atoms with Crippen molar-refractivity contribution in [1.29, 1.82) is 5.26 Å². The van der Waals surface area contributed by atoms with Crippen LogP contribution in [0.15, 0.2) is 42.5 Å². The summed E-state index contributed by atoms with van der Waals surface area (Å²) in [5, 5.41) is 12.0. The van der Waals surface area contributed by atoms with Crippen molar-refractivity contribution in [3.63, 3.8) is 0 Å². The summed E-state index contributed by atoms with van der Waals surface area (Å²) in [5.41, 5.74) is 1.95. The van der Waals surface area contributed by atoms with Crippen molar-refractivity contribution in [3.05, 3.63) is 59.4 Å². The van der Waals surface area contributed by atoms with Gasteiger partial charge >= 0.3 is 0 Å². The summed E-state index contributed by atoms with van der Waals surface area (Å²) in [6.07, 6.45) is 1.65. The predicted molar refractivity (Wildman–Crippen MR) is 84.3 cm³/mol. The normalized spacial score (nSPS) is 11.0. The third-order valence-corrected chi connectivity index (χ3v) is 4.07. The van der Waals surface area contributed by atoms with Crippen molar-refractivity contribution >= 4 is 21.2 Å². The van der Waals surface area contributed by atoms with Gasteiger partial charge in [-0.15, -0.1) is 0 Å². The number of rotatable bonds is 5. The molecular formula is C16H15FN2O2S. The van der Waals surface area contributed by atoms with Crippen molar-refractivity contribution in [1.82, 2.24) is 0 Å². The SMILES string of the molecule is CS(=O)(=O)CCc1ccc(Nc2cccc(F)c2C#N)cc1. The Morgan fingerprint density at radius 3 is 2.45 bits per heavy atom. The Hall–Kier alpha value is -2.39. The molecule has 0 fully saturated rings. The number of sulfone groups is 1. The molecular weight excluding hydrogens is 303 g/mol. The first-order valence-corrected chi connectivity index (χ1v) is 8.67. The van der Waals surface area contributed by atoms with E-state index in [2.05, 4.69) is 5.32 Å². The predicted octanol–water partition coefficient (Wildman–Crippen LogP) is 3.03. The first-order chi connectivity index (χ1) is 10.4. The lowest BCUT2D eigenvalue weighted by Gasteiger charge is -2.09. The van der Waals surface area contributed by atoms with Crippen molar-refractivity contribution in [3.8, 4) is 6.07 Å². The Kier molecular flexibility index (Phi) is 4.78. The third-order valence-electron chi connectivity index (χ3n) is 3.12. The molecule has 0 heterocycles. The maximum atomic E-state index is 13.5. The number of anilines is 2. The monoisotopic (exact) mass is 318 g/mol. The van der Waals surface area contributed by atoms with Gasteiger partial charge in [-0.2, -0.15) is 5.26 Å². The largest absolute Gasteiger partial charge is 0.354 e. The Balaban J connectivity index is 2.12. The van der Waals surface area contributed by atoms with E-state index < -0.39 is 15.7 Å². The van der Waals surface area contributed by atoms with E-state index in [4.69, 9.17) is 5.26 Å². The molecule has 0 bridgehead atoms. The first-order valence-electron chi connectivity index (χ1n) is 6.61. The van der Waals surface area contributed by atoms with Crippen LogP contribution in [0.5, 0.6) is 0 Å². The van der Waals surface area contributed by atoms with E-state index in [1.807, 2.05) is 6.07 Å². The molecule has 0 amide bonds. The van der Waals surface area contributed by atoms with Gasteiger partial charge in [0.25, 0.3) is 0 Å². The van der Waals surface area contributed by atoms with Crippen molar-refractivity contribution in [2.75, 3.05) is 17.3 Å². The summed E-state index contributed by atoms with van der Waals surface area (Å²) in [6, 6.07) is 13.4. The summed E-state index contributed by atoms with van der Waals surface area (Å²) in [6.45, 7) is 0. The van der Waals surface area contributed by atoms with E-state index in [-0.39, 0.29) is 11.3 Å². The minimum atomic E-state index is -2.99. The minimum Gasteiger partial charge on any atom is -0.354 e. The molecule has 0 spiro atoms. The summed E-state index contributed by atoms with van der Waals surface area (Å²) in [7, 11) is -2.99. The zero-order valence-corrected chi connectivity index (χ0v) is 12.8. The second-order valence-electron chi connectivity index (χ2n) is 4.98. The third kappa shape index (κ3) is 4.30. The number of aryl methyl sites for hydroxylation is 1. The molecule has 0 radical (unpaired) electrons. The molecule has 2 aromatic rings. The Labute approximate surface area is 129 Å². The van der Waals surface area contributed by atoms with E-state index in [9.17, 15) is 12.8 Å². The van der Waals surface area contributed by atoms with Gasteiger partial charge < -0.3 is 5.32 Å². The summed E-state index contributed by atoms with van der Waals surface area (Å²) >= 11 is 0. The van der Waals surface area contributed by atoms with Gasteiger partial charge in [-0.1, -0.05) is 18.2 Å². The Morgan fingerprint density at radius 2 is 1.86 bits per heavy atom. The quantitative estimate of drug-likeness (QED) is 0.920. The number of hydrogen-bond acceptors (Lipinski definition) is 4. The molecule has 2 aromatic carbocycles. The van der Waals surface area contributed by atoms with Crippen LogP contribution in [-0.2, 0) is 16.3 Å². The molecule has 0 unspecified atom stereocenters. The highest BCUT2D eigenvalue weighted by Crippen LogP contribution is 2.22. The van der Waals surface area contributed by atoms with Crippen LogP contribution < -0.4 is 5.32 Å². The number of benzene rings is 2. The van der Waals surface area contributed by atoms with Crippen LogP contribution in [0.3, 0.4) is 0 Å². The van der Waals surface area contributed by atoms with Gasteiger partial charge in [0.1, 0.15) is 27.3 Å². The summed E-state index contributed by atoms with van der Waals surface area (Å²) < 4.78 is 35.8. The lowest BCUT2D eigenvalue weighted by Crippen LogP contribution is -2.05. The smallest absolute Gasteiger partial charge is 0.147 e. The van der Waals surface area contributed by atoms with Crippen LogP contribution in [0.4, 0.5) is 15.8 Å². The van der Waals surface area contributed by atoms with E-state index in [0.29, 0.717) is 17.8 Å². The van der Waals surface area contributed by atoms with Gasteiger partial charge in [0.05, 0.1) is 11.4 Å². The van der Waals surface area contributed by atoms with Crippen LogP contribution in [0.1, 0.15) is 11.1 Å². The number of nitrogens with one attached hydrogen (secondary N) is 1. The molecule has 2 rings (SSSR count). The molecule has 22 heavy (non-hydrogen) atoms. The van der Waals surface area contributed by atoms with Crippen molar-refractivity contribution in [2.24, 2.45) is 0 Å². The molecule has 0 atom stereocenters. The molecule has 0 aliphatic rings. The first kappa shape index (κ1) is 16.0. The molecule has 114 valence electrons. The minimum absolute atomic E-state index is 0.0383. The van der Waals surface area contributed by atoms with E-state index in [0.717, 1.165) is 5.56 Å². The average Bonchev–Trinajstić information content (AvgIpc) is 2.46. The maximum absolute atomic E-state index is 13.5. The van der Waals surface area contributed by atoms with Crippen LogP contribution >= 0.6 is 0 Å². The fraction of sp³-hybridized carbons (Fsp3) is 0.188. The van der Waals surface area contributed by atoms with Gasteiger partial charge in [0, 0.05) is 11.9 Å².